The third-order valence-electron chi connectivity index (χ3n) is 6.46. The second-order valence-corrected chi connectivity index (χ2v) is 9.39. The van der Waals surface area contributed by atoms with Crippen LogP contribution < -0.4 is 20.1 Å². The van der Waals surface area contributed by atoms with Gasteiger partial charge in [0.05, 0.1) is 33.9 Å². The zero-order chi connectivity index (χ0) is 29.5. The minimum absolute atomic E-state index is 0.141. The van der Waals surface area contributed by atoms with Crippen LogP contribution in [0.15, 0.2) is 78.9 Å². The molecule has 0 fully saturated rings. The van der Waals surface area contributed by atoms with E-state index in [9.17, 15) is 9.59 Å². The summed E-state index contributed by atoms with van der Waals surface area (Å²) >= 11 is 0. The lowest BCUT2D eigenvalue weighted by Crippen LogP contribution is -2.41. The van der Waals surface area contributed by atoms with E-state index in [1.54, 1.807) is 14.2 Å². The standard InChI is InChI=1S/C33H38N2O6/c1-5-22-40-23-20-31(36)34-21-19-32(37)35-25(2)24-41-33(26-9-7-6-8-10-26,27-11-15-29(38-3)16-12-27)28-13-17-30(39-4)18-14-28/h1,6-18,25H,19-24H2,2-4H3,(H,34,36)(H,35,37). The molecule has 0 aliphatic heterocycles. The Morgan fingerprint density at radius 1 is 0.829 bits per heavy atom. The quantitative estimate of drug-likeness (QED) is 0.156. The molecule has 0 saturated heterocycles. The minimum atomic E-state index is -0.978. The lowest BCUT2D eigenvalue weighted by molar-refractivity contribution is -0.123. The highest BCUT2D eigenvalue weighted by Crippen LogP contribution is 2.41. The molecule has 8 heteroatoms. The van der Waals surface area contributed by atoms with Gasteiger partial charge in [0.25, 0.3) is 0 Å². The Morgan fingerprint density at radius 3 is 1.93 bits per heavy atom. The number of hydrogen-bond acceptors (Lipinski definition) is 6. The van der Waals surface area contributed by atoms with Crippen LogP contribution in [0.2, 0.25) is 0 Å². The highest BCUT2D eigenvalue weighted by atomic mass is 16.5. The Balaban J connectivity index is 1.75. The first-order valence-corrected chi connectivity index (χ1v) is 13.5. The van der Waals surface area contributed by atoms with Crippen molar-refractivity contribution in [1.82, 2.24) is 10.6 Å². The normalized spacial score (nSPS) is 11.7. The molecule has 2 amide bonds. The molecule has 8 nitrogen and oxygen atoms in total. The largest absolute Gasteiger partial charge is 0.497 e. The highest BCUT2D eigenvalue weighted by Gasteiger charge is 2.38. The van der Waals surface area contributed by atoms with E-state index in [2.05, 4.69) is 16.6 Å². The Kier molecular flexibility index (Phi) is 12.2. The third kappa shape index (κ3) is 8.84. The molecule has 0 spiro atoms. The smallest absolute Gasteiger partial charge is 0.222 e. The molecule has 3 rings (SSSR count). The number of ether oxygens (including phenoxy) is 4. The molecule has 0 aliphatic rings. The molecule has 1 atom stereocenters. The van der Waals surface area contributed by atoms with E-state index in [1.807, 2.05) is 85.8 Å². The highest BCUT2D eigenvalue weighted by molar-refractivity contribution is 5.79. The van der Waals surface area contributed by atoms with Gasteiger partial charge < -0.3 is 29.6 Å². The van der Waals surface area contributed by atoms with E-state index in [-0.39, 0.29) is 57.1 Å². The molecule has 0 saturated carbocycles. The van der Waals surface area contributed by atoms with Crippen molar-refractivity contribution < 1.29 is 28.5 Å². The number of rotatable bonds is 16. The van der Waals surface area contributed by atoms with Gasteiger partial charge in [0.2, 0.25) is 11.8 Å². The van der Waals surface area contributed by atoms with E-state index in [4.69, 9.17) is 25.4 Å². The number of hydrogen-bond donors (Lipinski definition) is 2. The summed E-state index contributed by atoms with van der Waals surface area (Å²) in [4.78, 5) is 24.5. The molecule has 0 aromatic heterocycles. The van der Waals surface area contributed by atoms with Crippen molar-refractivity contribution in [3.63, 3.8) is 0 Å². The molecule has 216 valence electrons. The van der Waals surface area contributed by atoms with E-state index < -0.39 is 5.60 Å². The first-order chi connectivity index (χ1) is 19.9. The summed E-state index contributed by atoms with van der Waals surface area (Å²) in [6.45, 7) is 2.73. The van der Waals surface area contributed by atoms with Crippen molar-refractivity contribution in [2.24, 2.45) is 0 Å². The first kappa shape index (κ1) is 31.2. The summed E-state index contributed by atoms with van der Waals surface area (Å²) in [5, 5.41) is 5.69. The van der Waals surface area contributed by atoms with Gasteiger partial charge in [-0.1, -0.05) is 60.5 Å². The van der Waals surface area contributed by atoms with Crippen LogP contribution in [0.25, 0.3) is 0 Å². The second-order valence-electron chi connectivity index (χ2n) is 9.39. The van der Waals surface area contributed by atoms with Crippen LogP contribution in [-0.4, -0.2) is 58.4 Å². The fraction of sp³-hybridized carbons (Fsp3) is 0.333. The van der Waals surface area contributed by atoms with Gasteiger partial charge in [-0.15, -0.1) is 6.42 Å². The maximum Gasteiger partial charge on any atom is 0.222 e. The van der Waals surface area contributed by atoms with Crippen molar-refractivity contribution in [3.8, 4) is 23.8 Å². The number of benzene rings is 3. The predicted octanol–water partition coefficient (Wildman–Crippen LogP) is 4.06. The average molecular weight is 559 g/mol. The Morgan fingerprint density at radius 2 is 1.39 bits per heavy atom. The molecule has 41 heavy (non-hydrogen) atoms. The van der Waals surface area contributed by atoms with Gasteiger partial charge in [-0.2, -0.15) is 0 Å². The number of methoxy groups -OCH3 is 2. The van der Waals surface area contributed by atoms with Crippen LogP contribution in [0, 0.1) is 12.3 Å². The van der Waals surface area contributed by atoms with E-state index in [0.29, 0.717) is 0 Å². The zero-order valence-electron chi connectivity index (χ0n) is 23.9. The minimum Gasteiger partial charge on any atom is -0.497 e. The van der Waals surface area contributed by atoms with Crippen LogP contribution in [0.5, 0.6) is 11.5 Å². The van der Waals surface area contributed by atoms with Gasteiger partial charge in [0.1, 0.15) is 23.7 Å². The van der Waals surface area contributed by atoms with E-state index >= 15 is 0 Å². The van der Waals surface area contributed by atoms with E-state index in [0.717, 1.165) is 28.2 Å². The third-order valence-corrected chi connectivity index (χ3v) is 6.46. The molecular weight excluding hydrogens is 520 g/mol. The van der Waals surface area contributed by atoms with Crippen LogP contribution in [-0.2, 0) is 24.7 Å². The van der Waals surface area contributed by atoms with Gasteiger partial charge in [0, 0.05) is 19.0 Å². The average Bonchev–Trinajstić information content (AvgIpc) is 3.00. The number of carbonyl (C=O) groups is 2. The zero-order valence-corrected chi connectivity index (χ0v) is 23.9. The molecule has 3 aromatic carbocycles. The van der Waals surface area contributed by atoms with Crippen molar-refractivity contribution in [2.45, 2.75) is 31.4 Å². The topological polar surface area (TPSA) is 95.1 Å². The summed E-state index contributed by atoms with van der Waals surface area (Å²) in [7, 11) is 3.26. The van der Waals surface area contributed by atoms with Gasteiger partial charge >= 0.3 is 0 Å². The SMILES string of the molecule is C#CCOCCC(=O)NCCC(=O)NC(C)COC(c1ccccc1)(c1ccc(OC)cc1)c1ccc(OC)cc1. The maximum atomic E-state index is 12.6. The summed E-state index contributed by atoms with van der Waals surface area (Å²) in [5.41, 5.74) is 1.76. The molecule has 0 heterocycles. The Bertz CT molecular complexity index is 1220. The number of amides is 2. The predicted molar refractivity (Wildman–Crippen MR) is 158 cm³/mol. The van der Waals surface area contributed by atoms with Crippen molar-refractivity contribution in [3.05, 3.63) is 95.6 Å². The Hall–Kier alpha value is -4.32. The van der Waals surface area contributed by atoms with Crippen molar-refractivity contribution in [1.29, 1.82) is 0 Å². The van der Waals surface area contributed by atoms with Crippen LogP contribution in [0.3, 0.4) is 0 Å². The van der Waals surface area contributed by atoms with Gasteiger partial charge in [-0.25, -0.2) is 0 Å². The van der Waals surface area contributed by atoms with Gasteiger partial charge in [-0.3, -0.25) is 9.59 Å². The summed E-state index contributed by atoms with van der Waals surface area (Å²) in [6.07, 6.45) is 5.44. The van der Waals surface area contributed by atoms with Crippen LogP contribution in [0.4, 0.5) is 0 Å². The number of nitrogens with one attached hydrogen (secondary N) is 2. The van der Waals surface area contributed by atoms with Crippen molar-refractivity contribution in [2.75, 3.05) is 40.6 Å². The van der Waals surface area contributed by atoms with Crippen LogP contribution in [0.1, 0.15) is 36.5 Å². The fourth-order valence-electron chi connectivity index (χ4n) is 4.41. The molecular formula is C33H38N2O6. The lowest BCUT2D eigenvalue weighted by atomic mass is 9.80. The van der Waals surface area contributed by atoms with Gasteiger partial charge in [-0.05, 0) is 47.9 Å². The fourth-order valence-corrected chi connectivity index (χ4v) is 4.41. The number of carbonyl (C=O) groups excluding carboxylic acids is 2. The Labute approximate surface area is 242 Å². The summed E-state index contributed by atoms with van der Waals surface area (Å²) in [5.74, 6) is 3.43. The second kappa shape index (κ2) is 16.1. The molecule has 1 unspecified atom stereocenters. The monoisotopic (exact) mass is 558 g/mol. The lowest BCUT2D eigenvalue weighted by Gasteiger charge is -2.37. The number of terminal acetylenes is 1. The molecule has 3 aromatic rings. The molecule has 2 N–H and O–H groups in total. The van der Waals surface area contributed by atoms with E-state index in [1.165, 1.54) is 0 Å². The molecule has 0 aliphatic carbocycles. The molecule has 0 bridgehead atoms. The van der Waals surface area contributed by atoms with Crippen LogP contribution >= 0.6 is 0 Å². The first-order valence-electron chi connectivity index (χ1n) is 13.5. The molecule has 0 radical (unpaired) electrons. The summed E-state index contributed by atoms with van der Waals surface area (Å²) < 4.78 is 22.7. The maximum absolute atomic E-state index is 12.6. The van der Waals surface area contributed by atoms with Gasteiger partial charge in [0.15, 0.2) is 0 Å². The van der Waals surface area contributed by atoms with Crippen molar-refractivity contribution >= 4 is 11.8 Å². The summed E-state index contributed by atoms with van der Waals surface area (Å²) in [6, 6.07) is 25.2.